The molecule has 7 nitrogen and oxygen atoms in total. The van der Waals surface area contributed by atoms with E-state index in [4.69, 9.17) is 10.5 Å². The molecule has 0 spiro atoms. The van der Waals surface area contributed by atoms with E-state index in [1.54, 1.807) is 0 Å². The Morgan fingerprint density at radius 3 is 2.53 bits per heavy atom. The van der Waals surface area contributed by atoms with E-state index in [1.165, 1.54) is 13.4 Å². The number of nitrogens with two attached hydrogens (primary N) is 1. The number of amides is 1. The summed E-state index contributed by atoms with van der Waals surface area (Å²) >= 11 is 0. The van der Waals surface area contributed by atoms with Crippen LogP contribution in [0.4, 0.5) is 11.6 Å². The molecule has 19 heavy (non-hydrogen) atoms. The lowest BCUT2D eigenvalue weighted by atomic mass is 10.0. The fourth-order valence-electron chi connectivity index (χ4n) is 1.68. The fraction of sp³-hybridized carbons (Fsp3) is 0.583. The minimum Gasteiger partial charge on any atom is -0.490 e. The van der Waals surface area contributed by atoms with Gasteiger partial charge in [0, 0.05) is 6.54 Å². The predicted molar refractivity (Wildman–Crippen MR) is 74.2 cm³/mol. The molecule has 0 fully saturated rings. The number of hydrogen-bond donors (Lipinski definition) is 3. The second-order valence-electron chi connectivity index (χ2n) is 4.40. The number of carbonyl (C=O) groups is 1. The summed E-state index contributed by atoms with van der Waals surface area (Å²) in [6, 6.07) is -0.515. The lowest BCUT2D eigenvalue weighted by Gasteiger charge is -2.21. The molecule has 0 saturated heterocycles. The third-order valence-corrected chi connectivity index (χ3v) is 2.62. The lowest BCUT2D eigenvalue weighted by Crippen LogP contribution is -2.39. The zero-order chi connectivity index (χ0) is 14.4. The molecule has 1 heterocycles. The molecular formula is C12H21N5O2. The van der Waals surface area contributed by atoms with Gasteiger partial charge in [-0.3, -0.25) is 4.79 Å². The first kappa shape index (κ1) is 15.0. The van der Waals surface area contributed by atoms with Crippen LogP contribution in [0.25, 0.3) is 0 Å². The molecule has 1 rings (SSSR count). The van der Waals surface area contributed by atoms with Crippen molar-refractivity contribution in [3.63, 3.8) is 0 Å². The Hall–Kier alpha value is -2.05. The maximum atomic E-state index is 11.4. The average Bonchev–Trinajstić information content (AvgIpc) is 2.35. The molecule has 0 aromatic carbocycles. The van der Waals surface area contributed by atoms with Crippen molar-refractivity contribution in [1.82, 2.24) is 9.97 Å². The highest BCUT2D eigenvalue weighted by Gasteiger charge is 2.22. The summed E-state index contributed by atoms with van der Waals surface area (Å²) in [6.45, 7) is 6.47. The van der Waals surface area contributed by atoms with Crippen LogP contribution in [0.2, 0.25) is 0 Å². The van der Waals surface area contributed by atoms with Gasteiger partial charge in [0.2, 0.25) is 11.7 Å². The van der Waals surface area contributed by atoms with Crippen LogP contribution < -0.4 is 21.1 Å². The van der Waals surface area contributed by atoms with Gasteiger partial charge in [0.25, 0.3) is 0 Å². The van der Waals surface area contributed by atoms with Crippen molar-refractivity contribution in [3.05, 3.63) is 6.33 Å². The van der Waals surface area contributed by atoms with E-state index in [-0.39, 0.29) is 5.92 Å². The summed E-state index contributed by atoms with van der Waals surface area (Å²) in [6.07, 6.45) is 1.40. The standard InChI is InChI=1S/C12H21N5O2/c1-5-14-11-9(19-4)12(16-6-15-11)17-8(7(2)3)10(13)18/h6-8H,5H2,1-4H3,(H2,13,18)(H2,14,15,16,17). The minimum atomic E-state index is -0.515. The zero-order valence-corrected chi connectivity index (χ0v) is 11.7. The quantitative estimate of drug-likeness (QED) is 0.676. The number of carbonyl (C=O) groups excluding carboxylic acids is 1. The van der Waals surface area contributed by atoms with Crippen molar-refractivity contribution in [2.24, 2.45) is 11.7 Å². The highest BCUT2D eigenvalue weighted by atomic mass is 16.5. The first-order chi connectivity index (χ1) is 9.01. The summed E-state index contributed by atoms with van der Waals surface area (Å²) in [5, 5.41) is 6.07. The molecule has 1 unspecified atom stereocenters. The van der Waals surface area contributed by atoms with Crippen LogP contribution in [0.5, 0.6) is 5.75 Å². The first-order valence-electron chi connectivity index (χ1n) is 6.19. The number of anilines is 2. The molecule has 1 amide bonds. The van der Waals surface area contributed by atoms with E-state index >= 15 is 0 Å². The van der Waals surface area contributed by atoms with Crippen LogP contribution in [0.1, 0.15) is 20.8 Å². The second-order valence-corrected chi connectivity index (χ2v) is 4.40. The van der Waals surface area contributed by atoms with Gasteiger partial charge in [-0.2, -0.15) is 0 Å². The maximum Gasteiger partial charge on any atom is 0.240 e. The number of nitrogens with one attached hydrogen (secondary N) is 2. The van der Waals surface area contributed by atoms with Crippen molar-refractivity contribution >= 4 is 17.5 Å². The highest BCUT2D eigenvalue weighted by molar-refractivity contribution is 5.83. The number of nitrogens with zero attached hydrogens (tertiary/aromatic N) is 2. The molecule has 1 aromatic heterocycles. The largest absolute Gasteiger partial charge is 0.490 e. The van der Waals surface area contributed by atoms with Gasteiger partial charge in [0.05, 0.1) is 7.11 Å². The lowest BCUT2D eigenvalue weighted by molar-refractivity contribution is -0.119. The maximum absolute atomic E-state index is 11.4. The molecule has 1 aromatic rings. The predicted octanol–water partition coefficient (Wildman–Crippen LogP) is 0.839. The smallest absolute Gasteiger partial charge is 0.240 e. The number of methoxy groups -OCH3 is 1. The van der Waals surface area contributed by atoms with Gasteiger partial charge in [0.1, 0.15) is 12.4 Å². The van der Waals surface area contributed by atoms with E-state index < -0.39 is 11.9 Å². The van der Waals surface area contributed by atoms with Crippen LogP contribution in [0.15, 0.2) is 6.33 Å². The van der Waals surface area contributed by atoms with E-state index in [0.29, 0.717) is 23.9 Å². The normalized spacial score (nSPS) is 12.1. The molecule has 0 aliphatic heterocycles. The Kier molecular flexibility index (Phi) is 5.35. The van der Waals surface area contributed by atoms with E-state index in [2.05, 4.69) is 20.6 Å². The molecular weight excluding hydrogens is 246 g/mol. The van der Waals surface area contributed by atoms with Crippen LogP contribution in [-0.4, -0.2) is 35.6 Å². The van der Waals surface area contributed by atoms with E-state index in [9.17, 15) is 4.79 Å². The van der Waals surface area contributed by atoms with Crippen LogP contribution >= 0.6 is 0 Å². The average molecular weight is 267 g/mol. The van der Waals surface area contributed by atoms with Gasteiger partial charge in [-0.25, -0.2) is 9.97 Å². The zero-order valence-electron chi connectivity index (χ0n) is 11.7. The van der Waals surface area contributed by atoms with Gasteiger partial charge in [-0.1, -0.05) is 13.8 Å². The third-order valence-electron chi connectivity index (χ3n) is 2.62. The van der Waals surface area contributed by atoms with Gasteiger partial charge < -0.3 is 21.1 Å². The summed E-state index contributed by atoms with van der Waals surface area (Å²) in [5.74, 6) is 1.11. The van der Waals surface area contributed by atoms with Gasteiger partial charge in [0.15, 0.2) is 11.6 Å². The van der Waals surface area contributed by atoms with Gasteiger partial charge in [-0.15, -0.1) is 0 Å². The Morgan fingerprint density at radius 1 is 1.42 bits per heavy atom. The van der Waals surface area contributed by atoms with Crippen molar-refractivity contribution < 1.29 is 9.53 Å². The Bertz CT molecular complexity index is 436. The molecule has 1 atom stereocenters. The Labute approximate surface area is 113 Å². The molecule has 106 valence electrons. The SMILES string of the molecule is CCNc1ncnc(NC(C(N)=O)C(C)C)c1OC. The topological polar surface area (TPSA) is 102 Å². The summed E-state index contributed by atoms with van der Waals surface area (Å²) in [5.41, 5.74) is 5.37. The fourth-order valence-corrected chi connectivity index (χ4v) is 1.68. The molecule has 7 heteroatoms. The first-order valence-corrected chi connectivity index (χ1v) is 6.19. The molecule has 0 bridgehead atoms. The summed E-state index contributed by atoms with van der Waals surface area (Å²) in [7, 11) is 1.53. The molecule has 4 N–H and O–H groups in total. The van der Waals surface area contributed by atoms with Crippen molar-refractivity contribution in [1.29, 1.82) is 0 Å². The number of aromatic nitrogens is 2. The highest BCUT2D eigenvalue weighted by Crippen LogP contribution is 2.29. The van der Waals surface area contributed by atoms with Crippen LogP contribution in [0.3, 0.4) is 0 Å². The van der Waals surface area contributed by atoms with Crippen LogP contribution in [-0.2, 0) is 4.79 Å². The molecule has 0 radical (unpaired) electrons. The summed E-state index contributed by atoms with van der Waals surface area (Å²) < 4.78 is 5.29. The second kappa shape index (κ2) is 6.77. The van der Waals surface area contributed by atoms with E-state index in [0.717, 1.165) is 0 Å². The Balaban J connectivity index is 3.05. The van der Waals surface area contributed by atoms with Crippen LogP contribution in [0, 0.1) is 5.92 Å². The Morgan fingerprint density at radius 2 is 2.05 bits per heavy atom. The number of hydrogen-bond acceptors (Lipinski definition) is 6. The summed E-state index contributed by atoms with van der Waals surface area (Å²) in [4.78, 5) is 19.6. The molecule has 0 aliphatic rings. The third kappa shape index (κ3) is 3.70. The van der Waals surface area contributed by atoms with E-state index in [1.807, 2.05) is 20.8 Å². The molecule has 0 saturated carbocycles. The number of rotatable bonds is 7. The van der Waals surface area contributed by atoms with Gasteiger partial charge >= 0.3 is 0 Å². The van der Waals surface area contributed by atoms with Crippen molar-refractivity contribution in [2.75, 3.05) is 24.3 Å². The monoisotopic (exact) mass is 267 g/mol. The van der Waals surface area contributed by atoms with Crippen molar-refractivity contribution in [3.8, 4) is 5.75 Å². The van der Waals surface area contributed by atoms with Crippen molar-refractivity contribution in [2.45, 2.75) is 26.8 Å². The minimum absolute atomic E-state index is 0.0414. The van der Waals surface area contributed by atoms with Gasteiger partial charge in [-0.05, 0) is 12.8 Å². The molecule has 0 aliphatic carbocycles. The number of primary amides is 1. The number of ether oxygens (including phenoxy) is 1.